The molecule has 162 valence electrons. The van der Waals surface area contributed by atoms with Gasteiger partial charge in [-0.3, -0.25) is 9.78 Å². The van der Waals surface area contributed by atoms with Crippen LogP contribution in [0.2, 0.25) is 10.0 Å². The van der Waals surface area contributed by atoms with Gasteiger partial charge in [0.1, 0.15) is 6.17 Å². The maximum Gasteiger partial charge on any atom is 0.434 e. The first kappa shape index (κ1) is 22.8. The zero-order valence-electron chi connectivity index (χ0n) is 15.5. The van der Waals surface area contributed by atoms with Gasteiger partial charge in [-0.1, -0.05) is 41.4 Å². The van der Waals surface area contributed by atoms with Crippen LogP contribution in [0.3, 0.4) is 0 Å². The summed E-state index contributed by atoms with van der Waals surface area (Å²) >= 11 is 12.1. The van der Waals surface area contributed by atoms with Gasteiger partial charge in [0.15, 0.2) is 5.69 Å². The van der Waals surface area contributed by atoms with Crippen molar-refractivity contribution in [3.63, 3.8) is 0 Å². The largest absolute Gasteiger partial charge is 0.434 e. The fourth-order valence-electron chi connectivity index (χ4n) is 3.61. The number of pyridine rings is 1. The van der Waals surface area contributed by atoms with Crippen LogP contribution in [0.4, 0.5) is 17.6 Å². The lowest BCUT2D eigenvalue weighted by Crippen LogP contribution is -2.48. The summed E-state index contributed by atoms with van der Waals surface area (Å²) in [7, 11) is 0. The molecule has 0 aliphatic heterocycles. The zero-order valence-corrected chi connectivity index (χ0v) is 17.0. The van der Waals surface area contributed by atoms with Crippen molar-refractivity contribution in [3.8, 4) is 0 Å². The molecule has 1 unspecified atom stereocenters. The highest BCUT2D eigenvalue weighted by molar-refractivity contribution is 6.34. The number of halogens is 6. The summed E-state index contributed by atoms with van der Waals surface area (Å²) < 4.78 is 52.9. The Morgan fingerprint density at radius 3 is 2.43 bits per heavy atom. The SMILES string of the molecule is O=C(NC(c1ccccc1Cl)[C@]1(O)CC[C@@H](F)CC1)c1ccnc(C(F)(F)F)c1Cl. The lowest BCUT2D eigenvalue weighted by Gasteiger charge is -2.41. The highest BCUT2D eigenvalue weighted by atomic mass is 35.5. The molecule has 1 fully saturated rings. The predicted molar refractivity (Wildman–Crippen MR) is 104 cm³/mol. The molecule has 30 heavy (non-hydrogen) atoms. The van der Waals surface area contributed by atoms with Gasteiger partial charge in [0.2, 0.25) is 0 Å². The third-order valence-electron chi connectivity index (χ3n) is 5.21. The molecule has 10 heteroatoms. The summed E-state index contributed by atoms with van der Waals surface area (Å²) in [6.45, 7) is 0. The van der Waals surface area contributed by atoms with Crippen LogP contribution in [0, 0.1) is 0 Å². The van der Waals surface area contributed by atoms with Crippen molar-refractivity contribution in [2.75, 3.05) is 0 Å². The van der Waals surface area contributed by atoms with E-state index in [4.69, 9.17) is 23.2 Å². The molecule has 4 nitrogen and oxygen atoms in total. The first-order valence-corrected chi connectivity index (χ1v) is 9.92. The minimum absolute atomic E-state index is 0.0439. The molecule has 1 heterocycles. The lowest BCUT2D eigenvalue weighted by atomic mass is 9.76. The Kier molecular flexibility index (Phi) is 6.60. The van der Waals surface area contributed by atoms with Crippen molar-refractivity contribution >= 4 is 29.1 Å². The van der Waals surface area contributed by atoms with Gasteiger partial charge in [-0.15, -0.1) is 0 Å². The minimum Gasteiger partial charge on any atom is -0.387 e. The molecule has 2 aromatic rings. The monoisotopic (exact) mass is 464 g/mol. The van der Waals surface area contributed by atoms with E-state index in [1.807, 2.05) is 0 Å². The Balaban J connectivity index is 1.98. The number of hydrogen-bond acceptors (Lipinski definition) is 3. The van der Waals surface area contributed by atoms with Crippen LogP contribution in [0.5, 0.6) is 0 Å². The second-order valence-corrected chi connectivity index (χ2v) is 8.01. The Morgan fingerprint density at radius 1 is 1.20 bits per heavy atom. The van der Waals surface area contributed by atoms with Crippen LogP contribution in [0.25, 0.3) is 0 Å². The standard InChI is InChI=1S/C20H18Cl2F4N2O2/c21-14-4-2-1-3-12(14)16(19(30)8-5-11(23)6-9-19)28-18(29)13-7-10-27-17(15(13)22)20(24,25)26/h1-4,7,10-11,16,30H,5-6,8-9H2,(H,28,29)/t11-,16?,19+. The van der Waals surface area contributed by atoms with Gasteiger partial charge in [-0.25, -0.2) is 4.39 Å². The number of carbonyl (C=O) groups excluding carboxylic acids is 1. The van der Waals surface area contributed by atoms with E-state index in [-0.39, 0.29) is 30.7 Å². The first-order valence-electron chi connectivity index (χ1n) is 9.16. The van der Waals surface area contributed by atoms with E-state index in [0.717, 1.165) is 12.3 Å². The third kappa shape index (κ3) is 4.71. The van der Waals surface area contributed by atoms with Gasteiger partial charge in [0.25, 0.3) is 5.91 Å². The number of carbonyl (C=O) groups is 1. The van der Waals surface area contributed by atoms with E-state index in [2.05, 4.69) is 10.3 Å². The van der Waals surface area contributed by atoms with Gasteiger partial charge in [-0.2, -0.15) is 13.2 Å². The van der Waals surface area contributed by atoms with Crippen LogP contribution in [0.15, 0.2) is 36.5 Å². The minimum atomic E-state index is -4.84. The van der Waals surface area contributed by atoms with Crippen molar-refractivity contribution in [1.82, 2.24) is 10.3 Å². The molecule has 0 bridgehead atoms. The lowest BCUT2D eigenvalue weighted by molar-refractivity contribution is -0.141. The van der Waals surface area contributed by atoms with Gasteiger partial charge < -0.3 is 10.4 Å². The number of aliphatic hydroxyl groups is 1. The first-order chi connectivity index (χ1) is 14.0. The van der Waals surface area contributed by atoms with E-state index < -0.39 is 46.2 Å². The molecule has 1 amide bonds. The normalized spacial score (nSPS) is 23.1. The van der Waals surface area contributed by atoms with Gasteiger partial charge in [-0.05, 0) is 43.4 Å². The summed E-state index contributed by atoms with van der Waals surface area (Å²) in [5, 5.41) is 13.2. The van der Waals surface area contributed by atoms with Crippen molar-refractivity contribution in [2.45, 2.75) is 49.7 Å². The second-order valence-electron chi connectivity index (χ2n) is 7.23. The Hall–Kier alpha value is -1.90. The summed E-state index contributed by atoms with van der Waals surface area (Å²) in [5.74, 6) is -0.936. The van der Waals surface area contributed by atoms with Gasteiger partial charge >= 0.3 is 6.18 Å². The fourth-order valence-corrected chi connectivity index (χ4v) is 4.16. The molecule has 1 aromatic heterocycles. The highest BCUT2D eigenvalue weighted by Gasteiger charge is 2.43. The topological polar surface area (TPSA) is 62.2 Å². The predicted octanol–water partition coefficient (Wildman–Crippen LogP) is 5.52. The van der Waals surface area contributed by atoms with Crippen molar-refractivity contribution < 1.29 is 27.5 Å². The average Bonchev–Trinajstić information content (AvgIpc) is 2.68. The molecular formula is C20H18Cl2F4N2O2. The maximum atomic E-state index is 13.7. The van der Waals surface area contributed by atoms with Crippen LogP contribution in [-0.2, 0) is 6.18 Å². The molecule has 1 saturated carbocycles. The number of alkyl halides is 4. The molecular weight excluding hydrogens is 447 g/mol. The molecule has 1 aliphatic carbocycles. The van der Waals surface area contributed by atoms with Gasteiger partial charge in [0.05, 0.1) is 22.2 Å². The van der Waals surface area contributed by atoms with E-state index in [0.29, 0.717) is 5.56 Å². The Morgan fingerprint density at radius 2 is 1.83 bits per heavy atom. The fraction of sp³-hybridized carbons (Fsp3) is 0.400. The number of hydrogen-bond donors (Lipinski definition) is 2. The summed E-state index contributed by atoms with van der Waals surface area (Å²) in [6.07, 6.45) is -4.82. The van der Waals surface area contributed by atoms with E-state index in [9.17, 15) is 27.5 Å². The Labute approximate surface area is 180 Å². The van der Waals surface area contributed by atoms with E-state index in [1.165, 1.54) is 0 Å². The number of rotatable bonds is 4. The van der Waals surface area contributed by atoms with Crippen LogP contribution in [-0.4, -0.2) is 27.8 Å². The van der Waals surface area contributed by atoms with Crippen molar-refractivity contribution in [2.24, 2.45) is 0 Å². The number of amides is 1. The number of aromatic nitrogens is 1. The molecule has 0 spiro atoms. The Bertz CT molecular complexity index is 931. The molecule has 1 atom stereocenters. The highest BCUT2D eigenvalue weighted by Crippen LogP contribution is 2.42. The molecule has 2 N–H and O–H groups in total. The van der Waals surface area contributed by atoms with Gasteiger partial charge in [0, 0.05) is 11.2 Å². The molecule has 0 radical (unpaired) electrons. The smallest absolute Gasteiger partial charge is 0.387 e. The zero-order chi connectivity index (χ0) is 22.1. The average molecular weight is 465 g/mol. The van der Waals surface area contributed by atoms with Crippen LogP contribution in [0.1, 0.15) is 53.3 Å². The number of benzene rings is 1. The molecule has 0 saturated heterocycles. The van der Waals surface area contributed by atoms with Crippen LogP contribution >= 0.6 is 23.2 Å². The summed E-state index contributed by atoms with van der Waals surface area (Å²) in [4.78, 5) is 16.1. The number of nitrogens with one attached hydrogen (secondary N) is 1. The maximum absolute atomic E-state index is 13.7. The molecule has 1 aromatic carbocycles. The number of nitrogens with zero attached hydrogens (tertiary/aromatic N) is 1. The van der Waals surface area contributed by atoms with E-state index in [1.54, 1.807) is 24.3 Å². The summed E-state index contributed by atoms with van der Waals surface area (Å²) in [5.41, 5.74) is -2.99. The summed E-state index contributed by atoms with van der Waals surface area (Å²) in [6, 6.07) is 6.42. The van der Waals surface area contributed by atoms with Crippen molar-refractivity contribution in [3.05, 3.63) is 63.4 Å². The third-order valence-corrected chi connectivity index (χ3v) is 5.94. The molecule has 1 aliphatic rings. The van der Waals surface area contributed by atoms with Crippen LogP contribution < -0.4 is 5.32 Å². The quantitative estimate of drug-likeness (QED) is 0.585. The molecule has 3 rings (SSSR count). The van der Waals surface area contributed by atoms with Crippen molar-refractivity contribution in [1.29, 1.82) is 0 Å². The van der Waals surface area contributed by atoms with E-state index >= 15 is 0 Å². The second kappa shape index (κ2) is 8.69.